The van der Waals surface area contributed by atoms with Crippen LogP contribution >= 0.6 is 0 Å². The molecule has 7 nitrogen and oxygen atoms in total. The third-order valence-corrected chi connectivity index (χ3v) is 5.43. The van der Waals surface area contributed by atoms with E-state index in [1.807, 2.05) is 32.0 Å². The van der Waals surface area contributed by atoms with Crippen molar-refractivity contribution >= 4 is 28.4 Å². The molecule has 2 heterocycles. The second kappa shape index (κ2) is 9.75. The number of halogens is 3. The van der Waals surface area contributed by atoms with Gasteiger partial charge < -0.3 is 15.7 Å². The third kappa shape index (κ3) is 5.43. The fourth-order valence-electron chi connectivity index (χ4n) is 3.66. The number of pyridine rings is 1. The molecule has 0 atom stereocenters. The molecule has 182 valence electrons. The van der Waals surface area contributed by atoms with Gasteiger partial charge in [-0.2, -0.15) is 18.3 Å². The van der Waals surface area contributed by atoms with Gasteiger partial charge in [-0.05, 0) is 53.4 Å². The summed E-state index contributed by atoms with van der Waals surface area (Å²) < 4.78 is 40.3. The summed E-state index contributed by atoms with van der Waals surface area (Å²) in [6.45, 7) is 4.37. The number of aromatic nitrogens is 3. The van der Waals surface area contributed by atoms with Crippen molar-refractivity contribution in [3.8, 4) is 11.1 Å². The van der Waals surface area contributed by atoms with Crippen molar-refractivity contribution in [1.82, 2.24) is 14.8 Å². The van der Waals surface area contributed by atoms with E-state index < -0.39 is 17.8 Å². The molecule has 2 amide bonds. The maximum absolute atomic E-state index is 12.9. The molecule has 0 aliphatic carbocycles. The van der Waals surface area contributed by atoms with Crippen LogP contribution in [0.5, 0.6) is 0 Å². The summed E-state index contributed by atoms with van der Waals surface area (Å²) in [7, 11) is 0. The first-order valence-electron chi connectivity index (χ1n) is 11.0. The lowest BCUT2D eigenvalue weighted by Crippen LogP contribution is -2.19. The van der Waals surface area contributed by atoms with Gasteiger partial charge in [0.2, 0.25) is 0 Å². The molecular weight excluding hydrogens is 459 g/mol. The number of nitrogens with one attached hydrogen (secondary N) is 2. The van der Waals surface area contributed by atoms with Crippen molar-refractivity contribution in [3.05, 3.63) is 72.1 Å². The number of hydrogen-bond acceptors (Lipinski definition) is 4. The molecule has 0 saturated carbocycles. The highest BCUT2D eigenvalue weighted by Crippen LogP contribution is 2.32. The average Bonchev–Trinajstić information content (AvgIpc) is 3.21. The van der Waals surface area contributed by atoms with Crippen LogP contribution in [-0.2, 0) is 12.7 Å². The molecule has 4 rings (SSSR count). The van der Waals surface area contributed by atoms with Gasteiger partial charge >= 0.3 is 12.2 Å². The van der Waals surface area contributed by atoms with Gasteiger partial charge in [0.25, 0.3) is 0 Å². The lowest BCUT2D eigenvalue weighted by atomic mass is 9.99. The Kier molecular flexibility index (Phi) is 6.74. The Morgan fingerprint density at radius 1 is 1.06 bits per heavy atom. The van der Waals surface area contributed by atoms with Crippen LogP contribution in [0.15, 0.2) is 60.8 Å². The number of hydrogen-bond donors (Lipinski definition) is 3. The summed E-state index contributed by atoms with van der Waals surface area (Å²) in [4.78, 5) is 17.0. The van der Waals surface area contributed by atoms with Crippen molar-refractivity contribution in [3.63, 3.8) is 0 Å². The van der Waals surface area contributed by atoms with E-state index in [1.54, 1.807) is 23.0 Å². The van der Waals surface area contributed by atoms with Crippen LogP contribution in [0.3, 0.4) is 0 Å². The quantitative estimate of drug-likeness (QED) is 0.320. The zero-order valence-corrected chi connectivity index (χ0v) is 19.1. The van der Waals surface area contributed by atoms with Crippen LogP contribution in [0.1, 0.15) is 31.0 Å². The minimum atomic E-state index is -4.49. The standard InChI is InChI=1S/C25H24F3N5O2/c1-15(2)22-13-20(21-14-29-33(10-11-34)23(21)32-22)16-6-8-18(9-7-16)30-24(35)31-19-5-3-4-17(12-19)25(26,27)28/h3-9,12-15,34H,10-11H2,1-2H3,(H2,30,31,35). The molecule has 0 aliphatic heterocycles. The number of aliphatic hydroxyl groups excluding tert-OH is 1. The van der Waals surface area contributed by atoms with E-state index in [0.717, 1.165) is 34.3 Å². The predicted octanol–water partition coefficient (Wildman–Crippen LogP) is 5.88. The normalized spacial score (nSPS) is 11.7. The van der Waals surface area contributed by atoms with E-state index in [0.29, 0.717) is 17.9 Å². The van der Waals surface area contributed by atoms with Crippen LogP contribution in [0, 0.1) is 0 Å². The minimum absolute atomic E-state index is 0.0363. The Bertz CT molecular complexity index is 1350. The number of amides is 2. The molecule has 2 aromatic heterocycles. The zero-order valence-electron chi connectivity index (χ0n) is 19.1. The first-order valence-corrected chi connectivity index (χ1v) is 11.0. The number of alkyl halides is 3. The molecule has 2 aromatic carbocycles. The first-order chi connectivity index (χ1) is 16.7. The maximum Gasteiger partial charge on any atom is 0.416 e. The SMILES string of the molecule is CC(C)c1cc(-c2ccc(NC(=O)Nc3cccc(C(F)(F)F)c3)cc2)c2cnn(CCO)c2n1. The second-order valence-corrected chi connectivity index (χ2v) is 8.31. The Labute approximate surface area is 199 Å². The van der Waals surface area contributed by atoms with Gasteiger partial charge in [0.15, 0.2) is 5.65 Å². The van der Waals surface area contributed by atoms with E-state index in [2.05, 4.69) is 15.7 Å². The highest BCUT2D eigenvalue weighted by Gasteiger charge is 2.30. The largest absolute Gasteiger partial charge is 0.416 e. The van der Waals surface area contributed by atoms with E-state index in [-0.39, 0.29) is 18.2 Å². The summed E-state index contributed by atoms with van der Waals surface area (Å²) in [6, 6.07) is 12.9. The zero-order chi connectivity index (χ0) is 25.2. The molecule has 0 bridgehead atoms. The van der Waals surface area contributed by atoms with Crippen LogP contribution in [0.25, 0.3) is 22.2 Å². The topological polar surface area (TPSA) is 92.1 Å². The van der Waals surface area contributed by atoms with Crippen LogP contribution in [-0.4, -0.2) is 32.5 Å². The van der Waals surface area contributed by atoms with Gasteiger partial charge in [-0.25, -0.2) is 14.5 Å². The van der Waals surface area contributed by atoms with Gasteiger partial charge in [-0.3, -0.25) is 0 Å². The summed E-state index contributed by atoms with van der Waals surface area (Å²) in [5, 5.41) is 19.6. The molecule has 3 N–H and O–H groups in total. The molecule has 0 fully saturated rings. The number of carbonyl (C=O) groups is 1. The van der Waals surface area contributed by atoms with Crippen LogP contribution in [0.2, 0.25) is 0 Å². The lowest BCUT2D eigenvalue weighted by Gasteiger charge is -2.12. The molecule has 35 heavy (non-hydrogen) atoms. The van der Waals surface area contributed by atoms with Crippen LogP contribution in [0.4, 0.5) is 29.3 Å². The smallest absolute Gasteiger partial charge is 0.394 e. The van der Waals surface area contributed by atoms with Crippen molar-refractivity contribution in [1.29, 1.82) is 0 Å². The number of anilines is 2. The number of urea groups is 1. The molecule has 0 radical (unpaired) electrons. The van der Waals surface area contributed by atoms with E-state index in [1.165, 1.54) is 12.1 Å². The van der Waals surface area contributed by atoms with E-state index in [9.17, 15) is 23.1 Å². The maximum atomic E-state index is 12.9. The van der Waals surface area contributed by atoms with Gasteiger partial charge in [-0.15, -0.1) is 0 Å². The van der Waals surface area contributed by atoms with Crippen molar-refractivity contribution in [2.75, 3.05) is 17.2 Å². The molecule has 0 saturated heterocycles. The Hall–Kier alpha value is -3.92. The molecule has 0 aliphatic rings. The summed E-state index contributed by atoms with van der Waals surface area (Å²) in [6.07, 6.45) is -2.78. The fourth-order valence-corrected chi connectivity index (χ4v) is 3.66. The second-order valence-electron chi connectivity index (χ2n) is 8.31. The number of fused-ring (bicyclic) bond motifs is 1. The van der Waals surface area contributed by atoms with Gasteiger partial charge in [0.1, 0.15) is 0 Å². The minimum Gasteiger partial charge on any atom is -0.394 e. The van der Waals surface area contributed by atoms with E-state index >= 15 is 0 Å². The molecule has 0 spiro atoms. The van der Waals surface area contributed by atoms with Crippen LogP contribution < -0.4 is 10.6 Å². The molecule has 10 heteroatoms. The summed E-state index contributed by atoms with van der Waals surface area (Å²) >= 11 is 0. The average molecular weight is 483 g/mol. The van der Waals surface area contributed by atoms with Crippen molar-refractivity contribution < 1.29 is 23.1 Å². The fraction of sp³-hybridized carbons (Fsp3) is 0.240. The number of benzene rings is 2. The number of carbonyl (C=O) groups excluding carboxylic acids is 1. The van der Waals surface area contributed by atoms with Gasteiger partial charge in [0, 0.05) is 22.5 Å². The summed E-state index contributed by atoms with van der Waals surface area (Å²) in [5.41, 5.74) is 3.04. The molecule has 4 aromatic rings. The molecule has 0 unspecified atom stereocenters. The van der Waals surface area contributed by atoms with Gasteiger partial charge in [0.05, 0.1) is 24.9 Å². The summed E-state index contributed by atoms with van der Waals surface area (Å²) in [5.74, 6) is 0.177. The Morgan fingerprint density at radius 2 is 1.77 bits per heavy atom. The number of rotatable bonds is 6. The first kappa shape index (κ1) is 24.2. The van der Waals surface area contributed by atoms with Gasteiger partial charge in [-0.1, -0.05) is 32.0 Å². The predicted molar refractivity (Wildman–Crippen MR) is 128 cm³/mol. The lowest BCUT2D eigenvalue weighted by molar-refractivity contribution is -0.137. The monoisotopic (exact) mass is 483 g/mol. The van der Waals surface area contributed by atoms with Crippen molar-refractivity contribution in [2.24, 2.45) is 0 Å². The highest BCUT2D eigenvalue weighted by molar-refractivity contribution is 6.00. The van der Waals surface area contributed by atoms with E-state index in [4.69, 9.17) is 4.98 Å². The third-order valence-electron chi connectivity index (χ3n) is 5.43. The Morgan fingerprint density at radius 3 is 2.43 bits per heavy atom. The number of aliphatic hydroxyl groups is 1. The highest BCUT2D eigenvalue weighted by atomic mass is 19.4. The molecular formula is C25H24F3N5O2. The number of nitrogens with zero attached hydrogens (tertiary/aromatic N) is 3. The van der Waals surface area contributed by atoms with Crippen molar-refractivity contribution in [2.45, 2.75) is 32.5 Å². The Balaban J connectivity index is 1.55.